The Hall–Kier alpha value is -2.04. The van der Waals surface area contributed by atoms with Gasteiger partial charge in [0.05, 0.1) is 0 Å². The van der Waals surface area contributed by atoms with Gasteiger partial charge in [0, 0.05) is 5.69 Å². The van der Waals surface area contributed by atoms with Crippen molar-refractivity contribution in [3.8, 4) is 0 Å². The van der Waals surface area contributed by atoms with Crippen molar-refractivity contribution in [3.05, 3.63) is 29.8 Å². The zero-order valence-corrected chi connectivity index (χ0v) is 12.2. The number of carbonyl (C=O) groups is 2. The largest absolute Gasteiger partial charge is 0.480 e. The molecule has 1 aromatic carbocycles. The first-order chi connectivity index (χ1) is 9.47. The van der Waals surface area contributed by atoms with Crippen LogP contribution in [0.1, 0.15) is 39.2 Å². The molecule has 5 nitrogen and oxygen atoms in total. The molecule has 0 heterocycles. The minimum atomic E-state index is -1.21. The lowest BCUT2D eigenvalue weighted by atomic mass is 9.93. The second-order valence-corrected chi connectivity index (χ2v) is 4.72. The fourth-order valence-corrected chi connectivity index (χ4v) is 1.99. The van der Waals surface area contributed by atoms with Gasteiger partial charge in [0.2, 0.25) is 0 Å². The minimum Gasteiger partial charge on any atom is -0.480 e. The first-order valence-corrected chi connectivity index (χ1v) is 6.89. The van der Waals surface area contributed by atoms with Crippen molar-refractivity contribution in [2.45, 2.75) is 45.6 Å². The summed E-state index contributed by atoms with van der Waals surface area (Å²) < 4.78 is 0. The summed E-state index contributed by atoms with van der Waals surface area (Å²) >= 11 is 0. The molecule has 110 valence electrons. The molecule has 2 amide bonds. The molecule has 0 aliphatic rings. The Labute approximate surface area is 119 Å². The Morgan fingerprint density at radius 3 is 2.05 bits per heavy atom. The van der Waals surface area contributed by atoms with E-state index in [1.807, 2.05) is 12.1 Å². The number of hydrogen-bond donors (Lipinski definition) is 3. The number of rotatable bonds is 6. The van der Waals surface area contributed by atoms with Gasteiger partial charge in [0.25, 0.3) is 0 Å². The van der Waals surface area contributed by atoms with Crippen molar-refractivity contribution in [3.63, 3.8) is 0 Å². The van der Waals surface area contributed by atoms with Crippen LogP contribution in [0.5, 0.6) is 0 Å². The average Bonchev–Trinajstić information content (AvgIpc) is 2.45. The molecule has 0 fully saturated rings. The molecular weight excluding hydrogens is 256 g/mol. The number of urea groups is 1. The Kier molecular flexibility index (Phi) is 5.55. The first-order valence-electron chi connectivity index (χ1n) is 6.89. The number of benzene rings is 1. The third kappa shape index (κ3) is 3.73. The van der Waals surface area contributed by atoms with E-state index in [-0.39, 0.29) is 0 Å². The molecule has 0 saturated carbocycles. The maximum atomic E-state index is 11.9. The molecule has 3 N–H and O–H groups in total. The lowest BCUT2D eigenvalue weighted by Gasteiger charge is -2.28. The number of carboxylic acid groups (broad SMARTS) is 1. The zero-order chi connectivity index (χ0) is 15.2. The van der Waals surface area contributed by atoms with E-state index in [4.69, 9.17) is 0 Å². The van der Waals surface area contributed by atoms with Crippen molar-refractivity contribution in [1.29, 1.82) is 0 Å². The van der Waals surface area contributed by atoms with Gasteiger partial charge in [-0.3, -0.25) is 0 Å². The smallest absolute Gasteiger partial charge is 0.329 e. The summed E-state index contributed by atoms with van der Waals surface area (Å²) in [5, 5.41) is 14.5. The standard InChI is InChI=1S/C15H22N2O3/c1-4-11-7-9-12(10-8-11)16-14(20)17-15(5-2,6-3)13(18)19/h7-10H,4-6H2,1-3H3,(H,18,19)(H2,16,17,20). The third-order valence-corrected chi connectivity index (χ3v) is 3.59. The summed E-state index contributed by atoms with van der Waals surface area (Å²) in [6.45, 7) is 5.54. The van der Waals surface area contributed by atoms with Crippen LogP contribution in [-0.2, 0) is 11.2 Å². The van der Waals surface area contributed by atoms with Crippen molar-refractivity contribution >= 4 is 17.7 Å². The number of aryl methyl sites for hydroxylation is 1. The maximum absolute atomic E-state index is 11.9. The fraction of sp³-hybridized carbons (Fsp3) is 0.467. The highest BCUT2D eigenvalue weighted by molar-refractivity contribution is 5.93. The molecule has 0 aliphatic carbocycles. The van der Waals surface area contributed by atoms with E-state index >= 15 is 0 Å². The predicted octanol–water partition coefficient (Wildman–Crippen LogP) is 3.01. The van der Waals surface area contributed by atoms with E-state index < -0.39 is 17.5 Å². The van der Waals surface area contributed by atoms with Crippen LogP contribution in [-0.4, -0.2) is 22.6 Å². The summed E-state index contributed by atoms with van der Waals surface area (Å²) in [6, 6.07) is 6.97. The lowest BCUT2D eigenvalue weighted by Crippen LogP contribution is -2.54. The molecule has 5 heteroatoms. The SMILES string of the molecule is CCc1ccc(NC(=O)NC(CC)(CC)C(=O)O)cc1. The van der Waals surface area contributed by atoms with E-state index in [2.05, 4.69) is 17.6 Å². The van der Waals surface area contributed by atoms with E-state index in [9.17, 15) is 14.7 Å². The van der Waals surface area contributed by atoms with Gasteiger partial charge in [-0.25, -0.2) is 9.59 Å². The van der Waals surface area contributed by atoms with Crippen molar-refractivity contribution in [1.82, 2.24) is 5.32 Å². The number of anilines is 1. The molecule has 0 aromatic heterocycles. The van der Waals surface area contributed by atoms with Gasteiger partial charge >= 0.3 is 12.0 Å². The number of hydrogen-bond acceptors (Lipinski definition) is 2. The average molecular weight is 278 g/mol. The fourth-order valence-electron chi connectivity index (χ4n) is 1.99. The van der Waals surface area contributed by atoms with Crippen LogP contribution in [0.15, 0.2) is 24.3 Å². The van der Waals surface area contributed by atoms with Gasteiger partial charge in [0.1, 0.15) is 5.54 Å². The predicted molar refractivity (Wildman–Crippen MR) is 78.9 cm³/mol. The Bertz CT molecular complexity index is 465. The molecule has 0 bridgehead atoms. The van der Waals surface area contributed by atoms with Crippen LogP contribution in [0.25, 0.3) is 0 Å². The molecule has 0 atom stereocenters. The van der Waals surface area contributed by atoms with E-state index in [1.54, 1.807) is 26.0 Å². The highest BCUT2D eigenvalue weighted by atomic mass is 16.4. The molecule has 20 heavy (non-hydrogen) atoms. The second kappa shape index (κ2) is 6.93. The number of carbonyl (C=O) groups excluding carboxylic acids is 1. The van der Waals surface area contributed by atoms with Crippen LogP contribution in [0.4, 0.5) is 10.5 Å². The van der Waals surface area contributed by atoms with Crippen LogP contribution in [0.2, 0.25) is 0 Å². The van der Waals surface area contributed by atoms with Gasteiger partial charge in [-0.05, 0) is 37.0 Å². The minimum absolute atomic E-state index is 0.334. The summed E-state index contributed by atoms with van der Waals surface area (Å²) in [6.07, 6.45) is 1.60. The van der Waals surface area contributed by atoms with Gasteiger partial charge < -0.3 is 15.7 Å². The number of carboxylic acids is 1. The maximum Gasteiger partial charge on any atom is 0.329 e. The summed E-state index contributed by atoms with van der Waals surface area (Å²) in [4.78, 5) is 23.2. The first kappa shape index (κ1) is 16.0. The van der Waals surface area contributed by atoms with Crippen LogP contribution in [0, 0.1) is 0 Å². The van der Waals surface area contributed by atoms with Crippen molar-refractivity contribution in [2.24, 2.45) is 0 Å². The van der Waals surface area contributed by atoms with Crippen LogP contribution < -0.4 is 10.6 Å². The van der Waals surface area contributed by atoms with Crippen LogP contribution in [0.3, 0.4) is 0 Å². The van der Waals surface area contributed by atoms with E-state index in [1.165, 1.54) is 5.56 Å². The Morgan fingerprint density at radius 2 is 1.65 bits per heavy atom. The van der Waals surface area contributed by atoms with Gasteiger partial charge in [-0.1, -0.05) is 32.9 Å². The molecule has 0 radical (unpaired) electrons. The topological polar surface area (TPSA) is 78.4 Å². The molecule has 0 spiro atoms. The van der Waals surface area contributed by atoms with E-state index in [0.29, 0.717) is 18.5 Å². The summed E-state index contributed by atoms with van der Waals surface area (Å²) in [5.41, 5.74) is 0.608. The zero-order valence-electron chi connectivity index (χ0n) is 12.2. The van der Waals surface area contributed by atoms with E-state index in [0.717, 1.165) is 6.42 Å². The molecule has 1 rings (SSSR count). The van der Waals surface area contributed by atoms with Crippen molar-refractivity contribution in [2.75, 3.05) is 5.32 Å². The monoisotopic (exact) mass is 278 g/mol. The van der Waals surface area contributed by atoms with Crippen molar-refractivity contribution < 1.29 is 14.7 Å². The Morgan fingerprint density at radius 1 is 1.10 bits per heavy atom. The van der Waals surface area contributed by atoms with Gasteiger partial charge in [0.15, 0.2) is 0 Å². The number of amides is 2. The number of aliphatic carboxylic acids is 1. The second-order valence-electron chi connectivity index (χ2n) is 4.72. The highest BCUT2D eigenvalue weighted by Crippen LogP contribution is 2.16. The molecule has 0 saturated heterocycles. The highest BCUT2D eigenvalue weighted by Gasteiger charge is 2.36. The summed E-state index contributed by atoms with van der Waals surface area (Å²) in [5.74, 6) is -1.01. The summed E-state index contributed by atoms with van der Waals surface area (Å²) in [7, 11) is 0. The van der Waals surface area contributed by atoms with Crippen LogP contribution >= 0.6 is 0 Å². The van der Waals surface area contributed by atoms with Gasteiger partial charge in [-0.15, -0.1) is 0 Å². The molecular formula is C15H22N2O3. The Balaban J connectivity index is 2.72. The molecule has 1 aromatic rings. The molecule has 0 aliphatic heterocycles. The number of nitrogens with one attached hydrogen (secondary N) is 2. The molecule has 0 unspecified atom stereocenters. The quantitative estimate of drug-likeness (QED) is 0.748. The van der Waals surface area contributed by atoms with Gasteiger partial charge in [-0.2, -0.15) is 0 Å². The normalized spacial score (nSPS) is 10.9. The lowest BCUT2D eigenvalue weighted by molar-refractivity contribution is -0.144. The third-order valence-electron chi connectivity index (χ3n) is 3.59.